The predicted octanol–water partition coefficient (Wildman–Crippen LogP) is -0.111. The number of benzene rings is 1. The minimum atomic E-state index is -3.67. The summed E-state index contributed by atoms with van der Waals surface area (Å²) in [5, 5.41) is 17.2. The van der Waals surface area contributed by atoms with Gasteiger partial charge in [-0.25, -0.2) is 10.3 Å². The van der Waals surface area contributed by atoms with Crippen LogP contribution in [0, 0.1) is 11.3 Å². The number of hydrogen-bond donors (Lipinski definition) is 3. The molecule has 1 aliphatic rings. The van der Waals surface area contributed by atoms with Crippen LogP contribution in [0.3, 0.4) is 0 Å². The summed E-state index contributed by atoms with van der Waals surface area (Å²) in [5.41, 5.74) is 7.94. The molecule has 0 radical (unpaired) electrons. The topological polar surface area (TPSA) is 139 Å². The molecule has 1 saturated heterocycles. The maximum absolute atomic E-state index is 9.19. The maximum Gasteiger partial charge on any atom is 0.271 e. The van der Waals surface area contributed by atoms with Gasteiger partial charge in [-0.05, 0) is 25.0 Å². The zero-order valence-electron chi connectivity index (χ0n) is 10.4. The monoisotopic (exact) mass is 283 g/mol. The van der Waals surface area contributed by atoms with Crippen LogP contribution in [0.5, 0.6) is 0 Å². The van der Waals surface area contributed by atoms with Crippen molar-refractivity contribution in [1.82, 2.24) is 0 Å². The van der Waals surface area contributed by atoms with E-state index in [2.05, 4.69) is 21.2 Å². The van der Waals surface area contributed by atoms with E-state index < -0.39 is 10.2 Å². The van der Waals surface area contributed by atoms with Gasteiger partial charge in [-0.2, -0.15) is 13.7 Å². The minimum Gasteiger partial charge on any atom is -0.398 e. The molecule has 2 rings (SSSR count). The Hall–Kier alpha value is -1.82. The van der Waals surface area contributed by atoms with Gasteiger partial charge >= 0.3 is 0 Å². The van der Waals surface area contributed by atoms with Crippen LogP contribution < -0.4 is 20.9 Å². The molecule has 1 fully saturated rings. The molecule has 1 heterocycles. The second-order valence-corrected chi connectivity index (χ2v) is 5.31. The molecule has 0 saturated carbocycles. The molecule has 0 unspecified atom stereocenters. The van der Waals surface area contributed by atoms with Crippen LogP contribution in [-0.2, 0) is 10.2 Å². The van der Waals surface area contributed by atoms with Gasteiger partial charge in [-0.1, -0.05) is 6.07 Å². The molecule has 0 aromatic heterocycles. The first-order valence-electron chi connectivity index (χ1n) is 5.67. The van der Waals surface area contributed by atoms with Gasteiger partial charge < -0.3 is 10.6 Å². The van der Waals surface area contributed by atoms with Gasteiger partial charge in [0.25, 0.3) is 10.2 Å². The van der Waals surface area contributed by atoms with Crippen molar-refractivity contribution in [3.63, 3.8) is 0 Å². The summed E-state index contributed by atoms with van der Waals surface area (Å²) in [4.78, 5) is 2.23. The van der Waals surface area contributed by atoms with Crippen LogP contribution in [0.25, 0.3) is 0 Å². The molecule has 0 spiro atoms. The van der Waals surface area contributed by atoms with Crippen LogP contribution in [-0.4, -0.2) is 21.5 Å². The van der Waals surface area contributed by atoms with Gasteiger partial charge in [-0.15, -0.1) is 0 Å². The standard InChI is InChI=1S/C11H13N3.H4N2O2S/c12-8-9-10(13)4-3-5-11(9)14-6-1-2-7-14;1-5(2,3)4/h3-5H,1-2,6-7,13H2;(H4,1,2,3,4). The molecule has 0 amide bonds. The fraction of sp³-hybridized carbons (Fsp3) is 0.364. The Balaban J connectivity index is 0.000000312. The van der Waals surface area contributed by atoms with E-state index in [1.54, 1.807) is 6.07 Å². The van der Waals surface area contributed by atoms with E-state index in [0.29, 0.717) is 11.3 Å². The van der Waals surface area contributed by atoms with Gasteiger partial charge in [0.15, 0.2) is 0 Å². The van der Waals surface area contributed by atoms with Crippen molar-refractivity contribution in [2.75, 3.05) is 23.7 Å². The third-order valence-corrected chi connectivity index (χ3v) is 2.63. The normalized spacial score (nSPS) is 14.5. The third kappa shape index (κ3) is 5.13. The van der Waals surface area contributed by atoms with Crippen molar-refractivity contribution < 1.29 is 8.42 Å². The lowest BCUT2D eigenvalue weighted by atomic mass is 10.1. The van der Waals surface area contributed by atoms with Crippen LogP contribution in [0.4, 0.5) is 11.4 Å². The Labute approximate surface area is 112 Å². The number of anilines is 2. The van der Waals surface area contributed by atoms with Crippen molar-refractivity contribution >= 4 is 21.6 Å². The highest BCUT2D eigenvalue weighted by molar-refractivity contribution is 7.86. The Morgan fingerprint density at radius 1 is 1.21 bits per heavy atom. The minimum absolute atomic E-state index is 0.580. The van der Waals surface area contributed by atoms with Gasteiger partial charge in [0, 0.05) is 13.1 Å². The molecule has 0 aliphatic carbocycles. The third-order valence-electron chi connectivity index (χ3n) is 2.63. The van der Waals surface area contributed by atoms with Crippen LogP contribution in [0.1, 0.15) is 18.4 Å². The molecule has 1 aromatic carbocycles. The summed E-state index contributed by atoms with van der Waals surface area (Å²) < 4.78 is 18.4. The number of rotatable bonds is 1. The molecule has 1 aromatic rings. The first-order valence-corrected chi connectivity index (χ1v) is 7.28. The van der Waals surface area contributed by atoms with E-state index in [9.17, 15) is 8.42 Å². The number of hydrogen-bond acceptors (Lipinski definition) is 5. The Morgan fingerprint density at radius 3 is 2.21 bits per heavy atom. The molecule has 19 heavy (non-hydrogen) atoms. The summed E-state index contributed by atoms with van der Waals surface area (Å²) in [7, 11) is -3.67. The van der Waals surface area contributed by atoms with E-state index in [1.807, 2.05) is 12.1 Å². The highest BCUT2D eigenvalue weighted by Crippen LogP contribution is 2.27. The van der Waals surface area contributed by atoms with E-state index in [0.717, 1.165) is 18.8 Å². The lowest BCUT2D eigenvalue weighted by Gasteiger charge is -2.19. The van der Waals surface area contributed by atoms with Crippen molar-refractivity contribution in [2.24, 2.45) is 10.3 Å². The van der Waals surface area contributed by atoms with E-state index >= 15 is 0 Å². The molecule has 0 atom stereocenters. The molecule has 6 N–H and O–H groups in total. The van der Waals surface area contributed by atoms with Crippen molar-refractivity contribution in [1.29, 1.82) is 5.26 Å². The lowest BCUT2D eigenvalue weighted by Crippen LogP contribution is -2.21. The average Bonchev–Trinajstić information content (AvgIpc) is 2.79. The molecule has 8 heteroatoms. The largest absolute Gasteiger partial charge is 0.398 e. The van der Waals surface area contributed by atoms with E-state index in [4.69, 9.17) is 11.0 Å². The second-order valence-electron chi connectivity index (χ2n) is 4.14. The first-order chi connectivity index (χ1) is 8.83. The SMILES string of the molecule is N#Cc1c(N)cccc1N1CCCC1.NS(N)(=O)=O. The summed E-state index contributed by atoms with van der Waals surface area (Å²) in [6.07, 6.45) is 2.42. The zero-order chi connectivity index (χ0) is 14.5. The summed E-state index contributed by atoms with van der Waals surface area (Å²) in [5.74, 6) is 0. The number of nitrogen functional groups attached to an aromatic ring is 1. The zero-order valence-corrected chi connectivity index (χ0v) is 11.2. The Kier molecular flexibility index (Phi) is 5.11. The lowest BCUT2D eigenvalue weighted by molar-refractivity contribution is 0.599. The number of nitriles is 1. The number of nitrogens with two attached hydrogens (primary N) is 3. The fourth-order valence-corrected chi connectivity index (χ4v) is 1.90. The quantitative estimate of drug-likeness (QED) is 0.617. The average molecular weight is 283 g/mol. The van der Waals surface area contributed by atoms with Gasteiger partial charge in [-0.3, -0.25) is 0 Å². The summed E-state index contributed by atoms with van der Waals surface area (Å²) in [6, 6.07) is 7.83. The van der Waals surface area contributed by atoms with Crippen molar-refractivity contribution in [3.8, 4) is 6.07 Å². The predicted molar refractivity (Wildman–Crippen MR) is 74.3 cm³/mol. The van der Waals surface area contributed by atoms with Crippen molar-refractivity contribution in [3.05, 3.63) is 23.8 Å². The summed E-state index contributed by atoms with van der Waals surface area (Å²) in [6.45, 7) is 2.08. The maximum atomic E-state index is 9.19. The molecule has 104 valence electrons. The number of nitrogens with zero attached hydrogens (tertiary/aromatic N) is 2. The van der Waals surface area contributed by atoms with Crippen LogP contribution >= 0.6 is 0 Å². The Morgan fingerprint density at radius 2 is 1.74 bits per heavy atom. The highest BCUT2D eigenvalue weighted by atomic mass is 32.2. The van der Waals surface area contributed by atoms with Gasteiger partial charge in [0.1, 0.15) is 6.07 Å². The molecule has 1 aliphatic heterocycles. The fourth-order valence-electron chi connectivity index (χ4n) is 1.90. The summed E-state index contributed by atoms with van der Waals surface area (Å²) >= 11 is 0. The smallest absolute Gasteiger partial charge is 0.271 e. The molecular weight excluding hydrogens is 266 g/mol. The van der Waals surface area contributed by atoms with E-state index in [1.165, 1.54) is 12.8 Å². The second kappa shape index (κ2) is 6.38. The molecule has 7 nitrogen and oxygen atoms in total. The molecular formula is C11H17N5O2S. The Bertz CT molecular complexity index is 565. The first kappa shape index (κ1) is 15.2. The molecule has 0 bridgehead atoms. The van der Waals surface area contributed by atoms with Gasteiger partial charge in [0.2, 0.25) is 0 Å². The van der Waals surface area contributed by atoms with Crippen LogP contribution in [0.2, 0.25) is 0 Å². The highest BCUT2D eigenvalue weighted by Gasteiger charge is 2.16. The van der Waals surface area contributed by atoms with Gasteiger partial charge in [0.05, 0.1) is 16.9 Å². The van der Waals surface area contributed by atoms with Crippen LogP contribution in [0.15, 0.2) is 18.2 Å². The van der Waals surface area contributed by atoms with E-state index in [-0.39, 0.29) is 0 Å². The van der Waals surface area contributed by atoms with Crippen molar-refractivity contribution in [2.45, 2.75) is 12.8 Å².